The summed E-state index contributed by atoms with van der Waals surface area (Å²) in [4.78, 5) is 2.39. The highest BCUT2D eigenvalue weighted by Crippen LogP contribution is 2.23. The SMILES string of the molecule is CCCN(CCC)c1ccc(/N=N/c2ccc(O)cc2)cc1. The Morgan fingerprint density at radius 1 is 0.773 bits per heavy atom. The van der Waals surface area contributed by atoms with Gasteiger partial charge in [-0.1, -0.05) is 13.8 Å². The lowest BCUT2D eigenvalue weighted by Crippen LogP contribution is -2.24. The van der Waals surface area contributed by atoms with Crippen molar-refractivity contribution in [1.82, 2.24) is 0 Å². The molecule has 2 rings (SSSR count). The Kier molecular flexibility index (Phi) is 5.95. The van der Waals surface area contributed by atoms with Gasteiger partial charge in [-0.25, -0.2) is 0 Å². The molecular weight excluding hydrogens is 274 g/mol. The number of phenols is 1. The predicted molar refractivity (Wildman–Crippen MR) is 91.5 cm³/mol. The highest BCUT2D eigenvalue weighted by atomic mass is 16.3. The lowest BCUT2D eigenvalue weighted by molar-refractivity contribution is 0.475. The van der Waals surface area contributed by atoms with Crippen LogP contribution in [0, 0.1) is 0 Å². The molecule has 0 aliphatic rings. The molecule has 0 amide bonds. The van der Waals surface area contributed by atoms with Gasteiger partial charge in [0.15, 0.2) is 0 Å². The van der Waals surface area contributed by atoms with Crippen molar-refractivity contribution in [3.05, 3.63) is 48.5 Å². The molecule has 0 aromatic heterocycles. The first-order chi connectivity index (χ1) is 10.7. The highest BCUT2D eigenvalue weighted by Gasteiger charge is 2.03. The molecule has 4 heteroatoms. The van der Waals surface area contributed by atoms with Gasteiger partial charge in [0.2, 0.25) is 0 Å². The summed E-state index contributed by atoms with van der Waals surface area (Å²) in [5.74, 6) is 0.232. The first kappa shape index (κ1) is 16.0. The van der Waals surface area contributed by atoms with Gasteiger partial charge in [-0.05, 0) is 61.4 Å². The van der Waals surface area contributed by atoms with Gasteiger partial charge in [-0.15, -0.1) is 0 Å². The minimum atomic E-state index is 0.232. The summed E-state index contributed by atoms with van der Waals surface area (Å²) in [6.45, 7) is 6.54. The van der Waals surface area contributed by atoms with Gasteiger partial charge in [-0.2, -0.15) is 10.2 Å². The van der Waals surface area contributed by atoms with Crippen LogP contribution in [0.1, 0.15) is 26.7 Å². The normalized spacial score (nSPS) is 11.0. The fraction of sp³-hybridized carbons (Fsp3) is 0.333. The van der Waals surface area contributed by atoms with Crippen LogP contribution in [0.15, 0.2) is 58.8 Å². The summed E-state index contributed by atoms with van der Waals surface area (Å²) in [5, 5.41) is 17.6. The summed E-state index contributed by atoms with van der Waals surface area (Å²) in [7, 11) is 0. The van der Waals surface area contributed by atoms with E-state index in [1.165, 1.54) is 5.69 Å². The Morgan fingerprint density at radius 3 is 1.68 bits per heavy atom. The molecule has 1 N–H and O–H groups in total. The second-order valence-electron chi connectivity index (χ2n) is 5.22. The minimum absolute atomic E-state index is 0.232. The van der Waals surface area contributed by atoms with E-state index in [2.05, 4.69) is 41.1 Å². The Labute approximate surface area is 132 Å². The largest absolute Gasteiger partial charge is 0.508 e. The van der Waals surface area contributed by atoms with Crippen LogP contribution in [-0.4, -0.2) is 18.2 Å². The molecule has 0 spiro atoms. The van der Waals surface area contributed by atoms with Gasteiger partial charge in [0.25, 0.3) is 0 Å². The average Bonchev–Trinajstić information content (AvgIpc) is 2.55. The number of phenolic OH excluding ortho intramolecular Hbond substituents is 1. The van der Waals surface area contributed by atoms with E-state index < -0.39 is 0 Å². The van der Waals surface area contributed by atoms with Crippen molar-refractivity contribution in [1.29, 1.82) is 0 Å². The molecule has 116 valence electrons. The van der Waals surface area contributed by atoms with Gasteiger partial charge >= 0.3 is 0 Å². The molecule has 2 aromatic carbocycles. The zero-order valence-electron chi connectivity index (χ0n) is 13.2. The van der Waals surface area contributed by atoms with Gasteiger partial charge in [0.05, 0.1) is 11.4 Å². The molecule has 0 unspecified atom stereocenters. The molecule has 0 bridgehead atoms. The maximum atomic E-state index is 9.23. The third-order valence-corrected chi connectivity index (χ3v) is 3.33. The van der Waals surface area contributed by atoms with E-state index in [-0.39, 0.29) is 5.75 Å². The quantitative estimate of drug-likeness (QED) is 0.692. The molecule has 0 aliphatic carbocycles. The first-order valence-corrected chi connectivity index (χ1v) is 7.78. The number of nitrogens with zero attached hydrogens (tertiary/aromatic N) is 3. The molecule has 0 fully saturated rings. The Morgan fingerprint density at radius 2 is 1.23 bits per heavy atom. The molecule has 0 atom stereocenters. The standard InChI is InChI=1S/C18H23N3O/c1-3-13-21(14-4-2)17-9-5-15(6-10-17)19-20-16-7-11-18(22)12-8-16/h5-12,22H,3-4,13-14H2,1-2H3/b20-19+. The van der Waals surface area contributed by atoms with E-state index in [4.69, 9.17) is 0 Å². The van der Waals surface area contributed by atoms with Crippen LogP contribution >= 0.6 is 0 Å². The van der Waals surface area contributed by atoms with Crippen molar-refractivity contribution in [2.75, 3.05) is 18.0 Å². The number of hydrogen-bond acceptors (Lipinski definition) is 4. The van der Waals surface area contributed by atoms with Crippen LogP contribution in [-0.2, 0) is 0 Å². The van der Waals surface area contributed by atoms with Crippen LogP contribution < -0.4 is 4.90 Å². The molecule has 0 saturated carbocycles. The van der Waals surface area contributed by atoms with E-state index >= 15 is 0 Å². The van der Waals surface area contributed by atoms with Crippen LogP contribution in [0.4, 0.5) is 17.1 Å². The third kappa shape index (κ3) is 4.58. The molecular formula is C18H23N3O. The molecule has 2 aromatic rings. The first-order valence-electron chi connectivity index (χ1n) is 7.78. The molecule has 4 nitrogen and oxygen atoms in total. The van der Waals surface area contributed by atoms with E-state index in [0.29, 0.717) is 0 Å². The fourth-order valence-corrected chi connectivity index (χ4v) is 2.27. The number of anilines is 1. The molecule has 0 radical (unpaired) electrons. The minimum Gasteiger partial charge on any atom is -0.508 e. The summed E-state index contributed by atoms with van der Waals surface area (Å²) in [6.07, 6.45) is 2.28. The Bertz CT molecular complexity index is 585. The van der Waals surface area contributed by atoms with Gasteiger partial charge in [0.1, 0.15) is 5.75 Å². The topological polar surface area (TPSA) is 48.2 Å². The summed E-state index contributed by atoms with van der Waals surface area (Å²) < 4.78 is 0. The van der Waals surface area contributed by atoms with E-state index in [9.17, 15) is 5.11 Å². The maximum Gasteiger partial charge on any atom is 0.115 e. The van der Waals surface area contributed by atoms with Crippen molar-refractivity contribution in [3.63, 3.8) is 0 Å². The van der Waals surface area contributed by atoms with Crippen molar-refractivity contribution < 1.29 is 5.11 Å². The lowest BCUT2D eigenvalue weighted by atomic mass is 10.2. The average molecular weight is 297 g/mol. The molecule has 0 aliphatic heterocycles. The van der Waals surface area contributed by atoms with Crippen LogP contribution in [0.5, 0.6) is 5.75 Å². The van der Waals surface area contributed by atoms with Crippen molar-refractivity contribution >= 4 is 17.1 Å². The van der Waals surface area contributed by atoms with Crippen molar-refractivity contribution in [2.24, 2.45) is 10.2 Å². The smallest absolute Gasteiger partial charge is 0.115 e. The number of benzene rings is 2. The molecule has 0 saturated heterocycles. The highest BCUT2D eigenvalue weighted by molar-refractivity contribution is 5.53. The van der Waals surface area contributed by atoms with Crippen LogP contribution in [0.3, 0.4) is 0 Å². The van der Waals surface area contributed by atoms with Gasteiger partial charge in [0, 0.05) is 18.8 Å². The fourth-order valence-electron chi connectivity index (χ4n) is 2.27. The second-order valence-corrected chi connectivity index (χ2v) is 5.22. The van der Waals surface area contributed by atoms with E-state index in [1.807, 2.05) is 12.1 Å². The summed E-state index contributed by atoms with van der Waals surface area (Å²) >= 11 is 0. The summed E-state index contributed by atoms with van der Waals surface area (Å²) in [5.41, 5.74) is 2.78. The monoisotopic (exact) mass is 297 g/mol. The Hall–Kier alpha value is -2.36. The third-order valence-electron chi connectivity index (χ3n) is 3.33. The van der Waals surface area contributed by atoms with E-state index in [1.54, 1.807) is 24.3 Å². The van der Waals surface area contributed by atoms with Crippen molar-refractivity contribution in [2.45, 2.75) is 26.7 Å². The van der Waals surface area contributed by atoms with Gasteiger partial charge < -0.3 is 10.0 Å². The number of hydrogen-bond donors (Lipinski definition) is 1. The zero-order valence-corrected chi connectivity index (χ0v) is 13.2. The maximum absolute atomic E-state index is 9.23. The number of aromatic hydroxyl groups is 1. The molecule has 22 heavy (non-hydrogen) atoms. The Balaban J connectivity index is 2.06. The zero-order chi connectivity index (χ0) is 15.8. The number of azo groups is 1. The predicted octanol–water partition coefficient (Wildman–Crippen LogP) is 5.43. The van der Waals surface area contributed by atoms with Gasteiger partial charge in [-0.3, -0.25) is 0 Å². The number of rotatable bonds is 7. The van der Waals surface area contributed by atoms with Crippen LogP contribution in [0.25, 0.3) is 0 Å². The lowest BCUT2D eigenvalue weighted by Gasteiger charge is -2.23. The molecule has 0 heterocycles. The second kappa shape index (κ2) is 8.17. The summed E-state index contributed by atoms with van der Waals surface area (Å²) in [6, 6.07) is 14.8. The van der Waals surface area contributed by atoms with Crippen LogP contribution in [0.2, 0.25) is 0 Å². The van der Waals surface area contributed by atoms with E-state index in [0.717, 1.165) is 37.3 Å². The van der Waals surface area contributed by atoms with Crippen molar-refractivity contribution in [3.8, 4) is 5.75 Å².